The Balaban J connectivity index is 1.61. The maximum absolute atomic E-state index is 5.31. The summed E-state index contributed by atoms with van der Waals surface area (Å²) < 4.78 is 2.37. The monoisotopic (exact) mass is 460 g/mol. The Hall–Kier alpha value is -4.69. The first-order valence-corrected chi connectivity index (χ1v) is 12.3. The number of fused-ring (bicyclic) bond motifs is 4. The number of nitrogens with zero attached hydrogens (tertiary/aromatic N) is 2. The van der Waals surface area contributed by atoms with Gasteiger partial charge in [0.1, 0.15) is 0 Å². The van der Waals surface area contributed by atoms with Crippen molar-refractivity contribution in [3.63, 3.8) is 0 Å². The summed E-state index contributed by atoms with van der Waals surface area (Å²) in [4.78, 5) is 5.31. The van der Waals surface area contributed by atoms with Crippen LogP contribution in [0.2, 0.25) is 0 Å². The van der Waals surface area contributed by atoms with Crippen LogP contribution in [0.1, 0.15) is 5.56 Å². The summed E-state index contributed by atoms with van der Waals surface area (Å²) in [7, 11) is 0. The van der Waals surface area contributed by atoms with E-state index >= 15 is 0 Å². The van der Waals surface area contributed by atoms with Crippen LogP contribution in [-0.2, 0) is 0 Å². The van der Waals surface area contributed by atoms with Gasteiger partial charge < -0.3 is 4.57 Å². The smallest absolute Gasteiger partial charge is 0.0956 e. The molecule has 0 unspecified atom stereocenters. The van der Waals surface area contributed by atoms with E-state index in [2.05, 4.69) is 139 Å². The third-order valence-electron chi connectivity index (χ3n) is 7.07. The Morgan fingerprint density at radius 2 is 1.14 bits per heavy atom. The maximum Gasteiger partial charge on any atom is 0.0956 e. The molecule has 0 aliphatic heterocycles. The molecule has 0 atom stereocenters. The molecule has 7 aromatic rings. The number of benzene rings is 5. The standard InChI is InChI=1S/C34H24N2/c1-23-18-20-25(21-19-23)30-22-29(24-10-3-2-4-11-24)28-14-9-17-33(34(28)35-30)36-31-15-7-5-12-26(31)27-13-6-8-16-32(27)36/h2-22H,1H3. The van der Waals surface area contributed by atoms with Crippen LogP contribution in [0.5, 0.6) is 0 Å². The molecule has 2 heteroatoms. The second kappa shape index (κ2) is 8.21. The predicted molar refractivity (Wildman–Crippen MR) is 152 cm³/mol. The van der Waals surface area contributed by atoms with Crippen molar-refractivity contribution in [3.8, 4) is 28.1 Å². The van der Waals surface area contributed by atoms with Crippen molar-refractivity contribution >= 4 is 32.7 Å². The molecule has 0 N–H and O–H groups in total. The summed E-state index contributed by atoms with van der Waals surface area (Å²) in [6.07, 6.45) is 0. The van der Waals surface area contributed by atoms with Crippen LogP contribution in [0.15, 0.2) is 127 Å². The zero-order chi connectivity index (χ0) is 24.1. The van der Waals surface area contributed by atoms with E-state index in [0.29, 0.717) is 0 Å². The normalized spacial score (nSPS) is 11.5. The van der Waals surface area contributed by atoms with Gasteiger partial charge in [-0.15, -0.1) is 0 Å². The van der Waals surface area contributed by atoms with Gasteiger partial charge in [-0.25, -0.2) is 4.98 Å². The minimum absolute atomic E-state index is 0.981. The number of pyridine rings is 1. The highest BCUT2D eigenvalue weighted by Crippen LogP contribution is 2.38. The van der Waals surface area contributed by atoms with Crippen molar-refractivity contribution in [3.05, 3.63) is 133 Å². The van der Waals surface area contributed by atoms with Crippen LogP contribution in [0, 0.1) is 6.92 Å². The van der Waals surface area contributed by atoms with Gasteiger partial charge in [-0.2, -0.15) is 0 Å². The van der Waals surface area contributed by atoms with Gasteiger partial charge in [0, 0.05) is 21.7 Å². The summed E-state index contributed by atoms with van der Waals surface area (Å²) >= 11 is 0. The van der Waals surface area contributed by atoms with E-state index in [1.807, 2.05) is 0 Å². The Morgan fingerprint density at radius 3 is 1.83 bits per heavy atom. The lowest BCUT2D eigenvalue weighted by molar-refractivity contribution is 1.18. The fraction of sp³-hybridized carbons (Fsp3) is 0.0294. The molecule has 0 saturated heterocycles. The van der Waals surface area contributed by atoms with Crippen LogP contribution >= 0.6 is 0 Å². The van der Waals surface area contributed by atoms with Gasteiger partial charge in [0.25, 0.3) is 0 Å². The fourth-order valence-electron chi connectivity index (χ4n) is 5.32. The Labute approximate surface area is 210 Å². The third kappa shape index (κ3) is 3.23. The largest absolute Gasteiger partial charge is 0.307 e. The summed E-state index contributed by atoms with van der Waals surface area (Å²) in [5, 5.41) is 3.66. The Bertz CT molecular complexity index is 1820. The lowest BCUT2D eigenvalue weighted by Crippen LogP contribution is -1.99. The van der Waals surface area contributed by atoms with Crippen LogP contribution in [0.25, 0.3) is 60.8 Å². The number of rotatable bonds is 3. The van der Waals surface area contributed by atoms with Crippen molar-refractivity contribution in [2.75, 3.05) is 0 Å². The molecule has 0 aliphatic carbocycles. The van der Waals surface area contributed by atoms with Gasteiger partial charge in [0.2, 0.25) is 0 Å². The van der Waals surface area contributed by atoms with E-state index in [-0.39, 0.29) is 0 Å². The molecule has 0 radical (unpaired) electrons. The highest BCUT2D eigenvalue weighted by atomic mass is 15.0. The van der Waals surface area contributed by atoms with Crippen molar-refractivity contribution in [1.82, 2.24) is 9.55 Å². The van der Waals surface area contributed by atoms with Crippen LogP contribution in [0.4, 0.5) is 0 Å². The van der Waals surface area contributed by atoms with Crippen molar-refractivity contribution < 1.29 is 0 Å². The Kier molecular flexibility index (Phi) is 4.71. The summed E-state index contributed by atoms with van der Waals surface area (Å²) in [6, 6.07) is 45.3. The second-order valence-corrected chi connectivity index (χ2v) is 9.33. The number of hydrogen-bond donors (Lipinski definition) is 0. The highest BCUT2D eigenvalue weighted by Gasteiger charge is 2.17. The van der Waals surface area contributed by atoms with Crippen molar-refractivity contribution in [1.29, 1.82) is 0 Å². The molecule has 2 aromatic heterocycles. The molecule has 0 aliphatic rings. The van der Waals surface area contributed by atoms with E-state index < -0.39 is 0 Å². The van der Waals surface area contributed by atoms with Crippen LogP contribution < -0.4 is 0 Å². The van der Waals surface area contributed by atoms with E-state index in [0.717, 1.165) is 27.8 Å². The van der Waals surface area contributed by atoms with Crippen LogP contribution in [-0.4, -0.2) is 9.55 Å². The van der Waals surface area contributed by atoms with E-state index in [1.54, 1.807) is 0 Å². The summed E-state index contributed by atoms with van der Waals surface area (Å²) in [6.45, 7) is 2.12. The quantitative estimate of drug-likeness (QED) is 0.257. The van der Waals surface area contributed by atoms with Crippen molar-refractivity contribution in [2.24, 2.45) is 0 Å². The molecule has 0 amide bonds. The highest BCUT2D eigenvalue weighted by molar-refractivity contribution is 6.11. The molecule has 0 saturated carbocycles. The molecule has 36 heavy (non-hydrogen) atoms. The maximum atomic E-state index is 5.31. The number of para-hydroxylation sites is 3. The minimum atomic E-state index is 0.981. The average molecular weight is 461 g/mol. The number of hydrogen-bond acceptors (Lipinski definition) is 1. The van der Waals surface area contributed by atoms with Gasteiger partial charge in [-0.1, -0.05) is 109 Å². The molecule has 7 rings (SSSR count). The number of aromatic nitrogens is 2. The van der Waals surface area contributed by atoms with Gasteiger partial charge >= 0.3 is 0 Å². The lowest BCUT2D eigenvalue weighted by Gasteiger charge is -2.15. The van der Waals surface area contributed by atoms with Gasteiger partial charge in [0.15, 0.2) is 0 Å². The van der Waals surface area contributed by atoms with E-state index in [1.165, 1.54) is 38.5 Å². The molecular weight excluding hydrogens is 436 g/mol. The molecule has 170 valence electrons. The predicted octanol–water partition coefficient (Wildman–Crippen LogP) is 8.97. The zero-order valence-electron chi connectivity index (χ0n) is 20.0. The van der Waals surface area contributed by atoms with E-state index in [9.17, 15) is 0 Å². The summed E-state index contributed by atoms with van der Waals surface area (Å²) in [5.74, 6) is 0. The number of aryl methyl sites for hydroxylation is 1. The molecule has 2 heterocycles. The molecule has 0 fully saturated rings. The SMILES string of the molecule is Cc1ccc(-c2cc(-c3ccccc3)c3cccc(-n4c5ccccc5c5ccccc54)c3n2)cc1. The first kappa shape index (κ1) is 20.7. The zero-order valence-corrected chi connectivity index (χ0v) is 20.0. The van der Waals surface area contributed by atoms with Gasteiger partial charge in [-0.3, -0.25) is 0 Å². The van der Waals surface area contributed by atoms with Crippen molar-refractivity contribution in [2.45, 2.75) is 6.92 Å². The second-order valence-electron chi connectivity index (χ2n) is 9.33. The van der Waals surface area contributed by atoms with Gasteiger partial charge in [0.05, 0.1) is 27.9 Å². The van der Waals surface area contributed by atoms with Crippen LogP contribution in [0.3, 0.4) is 0 Å². The molecule has 0 bridgehead atoms. The lowest BCUT2D eigenvalue weighted by atomic mass is 9.97. The van der Waals surface area contributed by atoms with Gasteiger partial charge in [-0.05, 0) is 42.3 Å². The first-order valence-electron chi connectivity index (χ1n) is 12.3. The third-order valence-corrected chi connectivity index (χ3v) is 7.07. The minimum Gasteiger partial charge on any atom is -0.307 e. The fourth-order valence-corrected chi connectivity index (χ4v) is 5.32. The topological polar surface area (TPSA) is 17.8 Å². The average Bonchev–Trinajstić information content (AvgIpc) is 3.27. The molecule has 0 spiro atoms. The summed E-state index contributed by atoms with van der Waals surface area (Å²) in [5.41, 5.74) is 10.2. The molecule has 5 aromatic carbocycles. The first-order chi connectivity index (χ1) is 17.8. The molecular formula is C34H24N2. The van der Waals surface area contributed by atoms with E-state index in [4.69, 9.17) is 4.98 Å². The Morgan fingerprint density at radius 1 is 0.528 bits per heavy atom. The molecule has 2 nitrogen and oxygen atoms in total.